The van der Waals surface area contributed by atoms with Crippen LogP contribution in [-0.2, 0) is 9.53 Å². The van der Waals surface area contributed by atoms with Crippen molar-refractivity contribution in [2.75, 3.05) is 33.4 Å². The molecular weight excluding hydrogens is 240 g/mol. The SMILES string of the molecule is COCCC1(C(=O)N2CCC(CN)CC2)CCCC1. The summed E-state index contributed by atoms with van der Waals surface area (Å²) < 4.78 is 5.21. The van der Waals surface area contributed by atoms with Crippen LogP contribution in [-0.4, -0.2) is 44.2 Å². The fourth-order valence-corrected chi connectivity index (χ4v) is 3.63. The summed E-state index contributed by atoms with van der Waals surface area (Å²) in [7, 11) is 1.72. The van der Waals surface area contributed by atoms with Gasteiger partial charge < -0.3 is 15.4 Å². The third-order valence-corrected chi connectivity index (χ3v) is 5.03. The molecule has 0 spiro atoms. The van der Waals surface area contributed by atoms with Gasteiger partial charge in [-0.2, -0.15) is 0 Å². The second kappa shape index (κ2) is 6.71. The standard InChI is InChI=1S/C15H28N2O2/c1-19-11-8-15(6-2-3-7-15)14(18)17-9-4-13(12-16)5-10-17/h13H,2-12,16H2,1H3. The van der Waals surface area contributed by atoms with Crippen LogP contribution in [0.2, 0.25) is 0 Å². The van der Waals surface area contributed by atoms with E-state index >= 15 is 0 Å². The lowest BCUT2D eigenvalue weighted by atomic mass is 9.80. The third-order valence-electron chi connectivity index (χ3n) is 5.03. The van der Waals surface area contributed by atoms with E-state index in [2.05, 4.69) is 4.90 Å². The van der Waals surface area contributed by atoms with Gasteiger partial charge in [-0.05, 0) is 44.6 Å². The van der Waals surface area contributed by atoms with Crippen LogP contribution in [0.15, 0.2) is 0 Å². The van der Waals surface area contributed by atoms with Crippen molar-refractivity contribution in [3.63, 3.8) is 0 Å². The minimum absolute atomic E-state index is 0.119. The first-order valence-electron chi connectivity index (χ1n) is 7.70. The molecule has 4 nitrogen and oxygen atoms in total. The van der Waals surface area contributed by atoms with Gasteiger partial charge in [0.2, 0.25) is 5.91 Å². The van der Waals surface area contributed by atoms with Gasteiger partial charge in [-0.1, -0.05) is 12.8 Å². The summed E-state index contributed by atoms with van der Waals surface area (Å²) in [6.07, 6.45) is 7.51. The van der Waals surface area contributed by atoms with Crippen molar-refractivity contribution in [1.29, 1.82) is 0 Å². The Kier molecular flexibility index (Phi) is 5.22. The topological polar surface area (TPSA) is 55.6 Å². The molecule has 2 rings (SSSR count). The minimum Gasteiger partial charge on any atom is -0.385 e. The lowest BCUT2D eigenvalue weighted by molar-refractivity contribution is -0.144. The highest BCUT2D eigenvalue weighted by atomic mass is 16.5. The van der Waals surface area contributed by atoms with Crippen molar-refractivity contribution in [2.24, 2.45) is 17.1 Å². The molecule has 1 aliphatic carbocycles. The number of hydrogen-bond acceptors (Lipinski definition) is 3. The maximum atomic E-state index is 12.9. The number of likely N-dealkylation sites (tertiary alicyclic amines) is 1. The van der Waals surface area contributed by atoms with Crippen LogP contribution in [0.4, 0.5) is 0 Å². The highest BCUT2D eigenvalue weighted by Crippen LogP contribution is 2.43. The van der Waals surface area contributed by atoms with Crippen LogP contribution in [0, 0.1) is 11.3 Å². The van der Waals surface area contributed by atoms with Crippen LogP contribution in [0.3, 0.4) is 0 Å². The molecule has 1 saturated carbocycles. The molecule has 0 atom stereocenters. The summed E-state index contributed by atoms with van der Waals surface area (Å²) in [6.45, 7) is 3.26. The van der Waals surface area contributed by atoms with Crippen LogP contribution < -0.4 is 5.73 Å². The summed E-state index contributed by atoms with van der Waals surface area (Å²) in [5, 5.41) is 0. The molecule has 1 heterocycles. The van der Waals surface area contributed by atoms with Crippen molar-refractivity contribution in [2.45, 2.75) is 44.9 Å². The maximum absolute atomic E-state index is 12.9. The zero-order chi connectivity index (χ0) is 13.7. The number of rotatable bonds is 5. The number of hydrogen-bond donors (Lipinski definition) is 1. The molecule has 1 aliphatic heterocycles. The number of carbonyl (C=O) groups excluding carboxylic acids is 1. The molecule has 2 aliphatic rings. The number of nitrogens with zero attached hydrogens (tertiary/aromatic N) is 1. The van der Waals surface area contributed by atoms with Crippen LogP contribution in [0.1, 0.15) is 44.9 Å². The van der Waals surface area contributed by atoms with Crippen molar-refractivity contribution in [1.82, 2.24) is 4.90 Å². The van der Waals surface area contributed by atoms with Gasteiger partial charge >= 0.3 is 0 Å². The largest absolute Gasteiger partial charge is 0.385 e. The molecule has 1 amide bonds. The normalized spacial score (nSPS) is 23.8. The van der Waals surface area contributed by atoms with E-state index in [4.69, 9.17) is 10.5 Å². The predicted octanol–water partition coefficient (Wildman–Crippen LogP) is 1.78. The summed E-state index contributed by atoms with van der Waals surface area (Å²) >= 11 is 0. The molecule has 0 bridgehead atoms. The summed E-state index contributed by atoms with van der Waals surface area (Å²) in [4.78, 5) is 15.0. The monoisotopic (exact) mass is 268 g/mol. The molecule has 0 aromatic heterocycles. The molecule has 1 saturated heterocycles. The predicted molar refractivity (Wildman–Crippen MR) is 75.8 cm³/mol. The molecule has 2 fully saturated rings. The molecule has 19 heavy (non-hydrogen) atoms. The average molecular weight is 268 g/mol. The van der Waals surface area contributed by atoms with Gasteiger partial charge in [0, 0.05) is 26.8 Å². The first-order valence-corrected chi connectivity index (χ1v) is 7.70. The quantitative estimate of drug-likeness (QED) is 0.827. The fraction of sp³-hybridized carbons (Fsp3) is 0.933. The van der Waals surface area contributed by atoms with Gasteiger partial charge in [-0.3, -0.25) is 4.79 Å². The molecule has 110 valence electrons. The van der Waals surface area contributed by atoms with Gasteiger partial charge in [0.1, 0.15) is 0 Å². The van der Waals surface area contributed by atoms with Crippen LogP contribution in [0.5, 0.6) is 0 Å². The Labute approximate surface area is 116 Å². The zero-order valence-corrected chi connectivity index (χ0v) is 12.2. The number of methoxy groups -OCH3 is 1. The van der Waals surface area contributed by atoms with Gasteiger partial charge in [0.25, 0.3) is 0 Å². The summed E-state index contributed by atoms with van der Waals surface area (Å²) in [5.41, 5.74) is 5.60. The molecule has 4 heteroatoms. The first-order chi connectivity index (χ1) is 9.22. The molecule has 0 unspecified atom stereocenters. The van der Waals surface area contributed by atoms with Gasteiger partial charge in [0.15, 0.2) is 0 Å². The Balaban J connectivity index is 1.96. The Bertz CT molecular complexity index is 293. The second-order valence-corrected chi connectivity index (χ2v) is 6.20. The Hall–Kier alpha value is -0.610. The van der Waals surface area contributed by atoms with Crippen molar-refractivity contribution in [3.8, 4) is 0 Å². The zero-order valence-electron chi connectivity index (χ0n) is 12.2. The highest BCUT2D eigenvalue weighted by molar-refractivity contribution is 5.83. The average Bonchev–Trinajstić information content (AvgIpc) is 2.94. The molecular formula is C15H28N2O2. The number of ether oxygens (including phenoxy) is 1. The Morgan fingerprint density at radius 3 is 2.47 bits per heavy atom. The van der Waals surface area contributed by atoms with Crippen molar-refractivity contribution >= 4 is 5.91 Å². The lowest BCUT2D eigenvalue weighted by Crippen LogP contribution is -2.47. The number of amides is 1. The maximum Gasteiger partial charge on any atom is 0.228 e. The van der Waals surface area contributed by atoms with Gasteiger partial charge in [-0.25, -0.2) is 0 Å². The van der Waals surface area contributed by atoms with Gasteiger partial charge in [0.05, 0.1) is 5.41 Å². The first kappa shape index (κ1) is 14.8. The van der Waals surface area contributed by atoms with E-state index in [1.807, 2.05) is 0 Å². The summed E-state index contributed by atoms with van der Waals surface area (Å²) in [6, 6.07) is 0. The second-order valence-electron chi connectivity index (χ2n) is 6.20. The van der Waals surface area contributed by atoms with Crippen molar-refractivity contribution < 1.29 is 9.53 Å². The Morgan fingerprint density at radius 2 is 1.95 bits per heavy atom. The van der Waals surface area contributed by atoms with Crippen molar-refractivity contribution in [3.05, 3.63) is 0 Å². The smallest absolute Gasteiger partial charge is 0.228 e. The molecule has 0 radical (unpaired) electrons. The number of nitrogens with two attached hydrogens (primary N) is 1. The lowest BCUT2D eigenvalue weighted by Gasteiger charge is -2.38. The molecule has 0 aromatic rings. The van der Waals surface area contributed by atoms with E-state index in [0.717, 1.165) is 51.7 Å². The molecule has 0 aromatic carbocycles. The Morgan fingerprint density at radius 1 is 1.32 bits per heavy atom. The van der Waals surface area contributed by atoms with E-state index < -0.39 is 0 Å². The van der Waals surface area contributed by atoms with Gasteiger partial charge in [-0.15, -0.1) is 0 Å². The third kappa shape index (κ3) is 3.29. The van der Waals surface area contributed by atoms with E-state index in [1.165, 1.54) is 12.8 Å². The van der Waals surface area contributed by atoms with E-state index in [1.54, 1.807) is 7.11 Å². The van der Waals surface area contributed by atoms with E-state index in [-0.39, 0.29) is 5.41 Å². The van der Waals surface area contributed by atoms with E-state index in [9.17, 15) is 4.79 Å². The fourth-order valence-electron chi connectivity index (χ4n) is 3.63. The van der Waals surface area contributed by atoms with Crippen LogP contribution in [0.25, 0.3) is 0 Å². The van der Waals surface area contributed by atoms with E-state index in [0.29, 0.717) is 18.4 Å². The highest BCUT2D eigenvalue weighted by Gasteiger charge is 2.43. The summed E-state index contributed by atoms with van der Waals surface area (Å²) in [5.74, 6) is 1.00. The number of carbonyl (C=O) groups is 1. The van der Waals surface area contributed by atoms with Crippen LogP contribution >= 0.6 is 0 Å². The molecule has 2 N–H and O–H groups in total. The number of piperidine rings is 1. The minimum atomic E-state index is -0.119.